The van der Waals surface area contributed by atoms with Crippen LogP contribution in [0.5, 0.6) is 0 Å². The fraction of sp³-hybridized carbons (Fsp3) is 0.500. The van der Waals surface area contributed by atoms with Crippen LogP contribution in [0.2, 0.25) is 4.34 Å². The second kappa shape index (κ2) is 2.77. The van der Waals surface area contributed by atoms with Gasteiger partial charge in [0, 0.05) is 6.04 Å². The molecule has 0 atom stereocenters. The van der Waals surface area contributed by atoms with Gasteiger partial charge >= 0.3 is 0 Å². The van der Waals surface area contributed by atoms with Crippen molar-refractivity contribution < 1.29 is 0 Å². The van der Waals surface area contributed by atoms with Gasteiger partial charge in [0.1, 0.15) is 0 Å². The van der Waals surface area contributed by atoms with Gasteiger partial charge < -0.3 is 5.73 Å². The molecule has 0 aliphatic heterocycles. The Morgan fingerprint density at radius 1 is 1.55 bits per heavy atom. The zero-order valence-corrected chi connectivity index (χ0v) is 7.66. The van der Waals surface area contributed by atoms with Crippen molar-refractivity contribution in [2.24, 2.45) is 5.73 Å². The SMILES string of the molecule is NC1CC(c2csc(Cl)c2)C1. The molecule has 2 N–H and O–H groups in total. The number of thiophene rings is 1. The molecule has 0 amide bonds. The zero-order chi connectivity index (χ0) is 7.84. The molecule has 0 spiro atoms. The molecule has 1 aliphatic carbocycles. The molecule has 1 aliphatic rings. The standard InChI is InChI=1S/C8H10ClNS/c9-8-3-6(4-11-8)5-1-7(10)2-5/h3-5,7H,1-2,10H2. The first-order chi connectivity index (χ1) is 5.25. The van der Waals surface area contributed by atoms with Gasteiger partial charge in [-0.25, -0.2) is 0 Å². The highest BCUT2D eigenvalue weighted by atomic mass is 35.5. The smallest absolute Gasteiger partial charge is 0.0931 e. The van der Waals surface area contributed by atoms with Gasteiger partial charge in [0.05, 0.1) is 4.34 Å². The monoisotopic (exact) mass is 187 g/mol. The van der Waals surface area contributed by atoms with E-state index in [1.54, 1.807) is 11.3 Å². The molecule has 0 radical (unpaired) electrons. The molecule has 60 valence electrons. The highest BCUT2D eigenvalue weighted by Gasteiger charge is 2.27. The second-order valence-corrected chi connectivity index (χ2v) is 4.66. The molecule has 2 rings (SSSR count). The van der Waals surface area contributed by atoms with E-state index in [0.717, 1.165) is 17.2 Å². The maximum Gasteiger partial charge on any atom is 0.0931 e. The molecule has 0 unspecified atom stereocenters. The predicted octanol–water partition coefficient (Wildman–Crippen LogP) is 2.61. The van der Waals surface area contributed by atoms with E-state index < -0.39 is 0 Å². The average molecular weight is 188 g/mol. The van der Waals surface area contributed by atoms with Gasteiger partial charge in [0.2, 0.25) is 0 Å². The zero-order valence-electron chi connectivity index (χ0n) is 6.09. The summed E-state index contributed by atoms with van der Waals surface area (Å²) in [6, 6.07) is 2.49. The van der Waals surface area contributed by atoms with Gasteiger partial charge in [-0.05, 0) is 35.8 Å². The van der Waals surface area contributed by atoms with Crippen molar-refractivity contribution in [1.82, 2.24) is 0 Å². The predicted molar refractivity (Wildman–Crippen MR) is 49.3 cm³/mol. The Morgan fingerprint density at radius 2 is 2.27 bits per heavy atom. The minimum absolute atomic E-state index is 0.429. The van der Waals surface area contributed by atoms with E-state index in [-0.39, 0.29) is 0 Å². The van der Waals surface area contributed by atoms with Crippen LogP contribution in [-0.2, 0) is 0 Å². The number of halogens is 1. The Labute approximate surface area is 75.2 Å². The third kappa shape index (κ3) is 1.43. The third-order valence-electron chi connectivity index (χ3n) is 2.23. The number of rotatable bonds is 1. The van der Waals surface area contributed by atoms with Crippen LogP contribution in [0.15, 0.2) is 11.4 Å². The molecule has 3 heteroatoms. The quantitative estimate of drug-likeness (QED) is 0.719. The lowest BCUT2D eigenvalue weighted by Gasteiger charge is -2.31. The van der Waals surface area contributed by atoms with Crippen LogP contribution in [-0.4, -0.2) is 6.04 Å². The maximum absolute atomic E-state index is 5.81. The van der Waals surface area contributed by atoms with Crippen molar-refractivity contribution in [1.29, 1.82) is 0 Å². The van der Waals surface area contributed by atoms with E-state index >= 15 is 0 Å². The fourth-order valence-corrected chi connectivity index (χ4v) is 2.44. The minimum Gasteiger partial charge on any atom is -0.328 e. The van der Waals surface area contributed by atoms with E-state index in [4.69, 9.17) is 17.3 Å². The molecule has 11 heavy (non-hydrogen) atoms. The summed E-state index contributed by atoms with van der Waals surface area (Å²) in [5, 5.41) is 2.14. The van der Waals surface area contributed by atoms with Crippen molar-refractivity contribution >= 4 is 22.9 Å². The van der Waals surface area contributed by atoms with E-state index in [0.29, 0.717) is 12.0 Å². The van der Waals surface area contributed by atoms with Crippen LogP contribution in [0.1, 0.15) is 24.3 Å². The molecular weight excluding hydrogens is 178 g/mol. The Morgan fingerprint density at radius 3 is 2.73 bits per heavy atom. The van der Waals surface area contributed by atoms with Gasteiger partial charge in [-0.1, -0.05) is 11.6 Å². The van der Waals surface area contributed by atoms with Gasteiger partial charge in [-0.3, -0.25) is 0 Å². The van der Waals surface area contributed by atoms with Gasteiger partial charge in [0.25, 0.3) is 0 Å². The number of hydrogen-bond acceptors (Lipinski definition) is 2. The summed E-state index contributed by atoms with van der Waals surface area (Å²) in [4.78, 5) is 0. The second-order valence-electron chi connectivity index (χ2n) is 3.11. The first-order valence-corrected chi connectivity index (χ1v) is 5.01. The van der Waals surface area contributed by atoms with Gasteiger partial charge in [0.15, 0.2) is 0 Å². The van der Waals surface area contributed by atoms with Crippen molar-refractivity contribution in [3.05, 3.63) is 21.3 Å². The maximum atomic E-state index is 5.81. The van der Waals surface area contributed by atoms with Gasteiger partial charge in [-0.15, -0.1) is 11.3 Å². The number of nitrogens with two attached hydrogens (primary N) is 1. The van der Waals surface area contributed by atoms with Crippen LogP contribution in [0.4, 0.5) is 0 Å². The van der Waals surface area contributed by atoms with Crippen LogP contribution in [0.3, 0.4) is 0 Å². The summed E-state index contributed by atoms with van der Waals surface area (Å²) < 4.78 is 0.889. The summed E-state index contributed by atoms with van der Waals surface area (Å²) in [5.74, 6) is 0.689. The molecule has 1 heterocycles. The average Bonchev–Trinajstić information content (AvgIpc) is 2.29. The Balaban J connectivity index is 2.07. The van der Waals surface area contributed by atoms with E-state index in [2.05, 4.69) is 11.4 Å². The topological polar surface area (TPSA) is 26.0 Å². The highest BCUT2D eigenvalue weighted by Crippen LogP contribution is 2.38. The summed E-state index contributed by atoms with van der Waals surface area (Å²) in [5.41, 5.74) is 7.06. The highest BCUT2D eigenvalue weighted by molar-refractivity contribution is 7.14. The van der Waals surface area contributed by atoms with Crippen molar-refractivity contribution in [2.75, 3.05) is 0 Å². The normalized spacial score (nSPS) is 30.0. The van der Waals surface area contributed by atoms with Crippen LogP contribution >= 0.6 is 22.9 Å². The summed E-state index contributed by atoms with van der Waals surface area (Å²) in [7, 11) is 0. The number of hydrogen-bond donors (Lipinski definition) is 1. The van der Waals surface area contributed by atoms with Gasteiger partial charge in [-0.2, -0.15) is 0 Å². The lowest BCUT2D eigenvalue weighted by atomic mass is 9.77. The Kier molecular flexibility index (Phi) is 1.91. The Hall–Kier alpha value is -0.0500. The van der Waals surface area contributed by atoms with E-state index in [1.807, 2.05) is 0 Å². The van der Waals surface area contributed by atoms with Crippen LogP contribution in [0, 0.1) is 0 Å². The Bertz CT molecular complexity index is 252. The molecular formula is C8H10ClNS. The van der Waals surface area contributed by atoms with Crippen molar-refractivity contribution in [3.63, 3.8) is 0 Å². The first-order valence-electron chi connectivity index (χ1n) is 3.75. The minimum atomic E-state index is 0.429. The molecule has 1 aromatic rings. The molecule has 0 bridgehead atoms. The molecule has 1 saturated carbocycles. The third-order valence-corrected chi connectivity index (χ3v) is 3.34. The van der Waals surface area contributed by atoms with E-state index in [9.17, 15) is 0 Å². The lowest BCUT2D eigenvalue weighted by molar-refractivity contribution is 0.352. The molecule has 1 nitrogen and oxygen atoms in total. The molecule has 1 aromatic heterocycles. The summed E-state index contributed by atoms with van der Waals surface area (Å²) >= 11 is 7.42. The molecule has 0 saturated heterocycles. The van der Waals surface area contributed by atoms with E-state index in [1.165, 1.54) is 5.56 Å². The first kappa shape index (κ1) is 7.59. The largest absolute Gasteiger partial charge is 0.328 e. The lowest BCUT2D eigenvalue weighted by Crippen LogP contribution is -2.34. The summed E-state index contributed by atoms with van der Waals surface area (Å²) in [6.45, 7) is 0. The van der Waals surface area contributed by atoms with Crippen molar-refractivity contribution in [3.8, 4) is 0 Å². The molecule has 0 aromatic carbocycles. The fourth-order valence-electron chi connectivity index (χ4n) is 1.47. The molecule has 1 fully saturated rings. The summed E-state index contributed by atoms with van der Waals surface area (Å²) in [6.07, 6.45) is 2.26. The van der Waals surface area contributed by atoms with Crippen LogP contribution in [0.25, 0.3) is 0 Å². The van der Waals surface area contributed by atoms with Crippen molar-refractivity contribution in [2.45, 2.75) is 24.8 Å². The van der Waals surface area contributed by atoms with Crippen LogP contribution < -0.4 is 5.73 Å².